The third kappa shape index (κ3) is 2.63. The number of hydrogen-bond donors (Lipinski definition) is 2. The lowest BCUT2D eigenvalue weighted by molar-refractivity contribution is -0.0601. The Balaban J connectivity index is 2.10. The van der Waals surface area contributed by atoms with Crippen LogP contribution in [0, 0.1) is 0 Å². The zero-order chi connectivity index (χ0) is 13.9. The van der Waals surface area contributed by atoms with E-state index in [0.717, 1.165) is 12.8 Å². The van der Waals surface area contributed by atoms with Gasteiger partial charge in [-0.25, -0.2) is 9.78 Å². The number of nitrogens with one attached hydrogen (secondary N) is 1. The lowest BCUT2D eigenvalue weighted by Crippen LogP contribution is -2.45. The number of carbonyl (C=O) groups is 1. The number of anilines is 2. The molecule has 0 unspecified atom stereocenters. The van der Waals surface area contributed by atoms with Crippen molar-refractivity contribution in [2.75, 3.05) is 31.8 Å². The van der Waals surface area contributed by atoms with Crippen LogP contribution in [0.5, 0.6) is 0 Å². The zero-order valence-corrected chi connectivity index (χ0v) is 11.2. The molecule has 1 heterocycles. The van der Waals surface area contributed by atoms with Gasteiger partial charge in [-0.2, -0.15) is 0 Å². The van der Waals surface area contributed by atoms with Crippen LogP contribution in [0.2, 0.25) is 0 Å². The normalized spacial score (nSPS) is 16.5. The van der Waals surface area contributed by atoms with Gasteiger partial charge in [0.25, 0.3) is 0 Å². The summed E-state index contributed by atoms with van der Waals surface area (Å²) in [4.78, 5) is 15.7. The molecule has 0 spiro atoms. The fourth-order valence-electron chi connectivity index (χ4n) is 2.17. The Morgan fingerprint density at radius 3 is 2.79 bits per heavy atom. The minimum absolute atomic E-state index is 0.130. The SMILES string of the molecule is COC(=O)c1ccnc(NCC2(OC)CCC2)c1N. The first kappa shape index (κ1) is 13.6. The summed E-state index contributed by atoms with van der Waals surface area (Å²) in [6, 6.07) is 1.54. The van der Waals surface area contributed by atoms with Gasteiger partial charge in [0.2, 0.25) is 0 Å². The molecule has 6 heteroatoms. The zero-order valence-electron chi connectivity index (χ0n) is 11.2. The largest absolute Gasteiger partial charge is 0.465 e. The van der Waals surface area contributed by atoms with Gasteiger partial charge in [0.1, 0.15) is 5.82 Å². The molecule has 1 aliphatic rings. The molecule has 3 N–H and O–H groups in total. The van der Waals surface area contributed by atoms with Crippen molar-refractivity contribution in [1.82, 2.24) is 4.98 Å². The summed E-state index contributed by atoms with van der Waals surface area (Å²) in [5.74, 6) is 0.0271. The maximum absolute atomic E-state index is 11.5. The second-order valence-electron chi connectivity index (χ2n) is 4.71. The molecule has 0 aromatic carbocycles. The molecule has 6 nitrogen and oxygen atoms in total. The van der Waals surface area contributed by atoms with E-state index in [0.29, 0.717) is 23.6 Å². The molecule has 1 aliphatic carbocycles. The Hall–Kier alpha value is -1.82. The van der Waals surface area contributed by atoms with Gasteiger partial charge in [-0.15, -0.1) is 0 Å². The van der Waals surface area contributed by atoms with Gasteiger partial charge in [-0.3, -0.25) is 0 Å². The fourth-order valence-corrected chi connectivity index (χ4v) is 2.17. The summed E-state index contributed by atoms with van der Waals surface area (Å²) in [6.45, 7) is 0.630. The minimum atomic E-state index is -0.465. The highest BCUT2D eigenvalue weighted by atomic mass is 16.5. The maximum atomic E-state index is 11.5. The van der Waals surface area contributed by atoms with Crippen LogP contribution >= 0.6 is 0 Å². The summed E-state index contributed by atoms with van der Waals surface area (Å²) >= 11 is 0. The molecule has 104 valence electrons. The van der Waals surface area contributed by atoms with E-state index < -0.39 is 5.97 Å². The lowest BCUT2D eigenvalue weighted by Gasteiger charge is -2.40. The van der Waals surface area contributed by atoms with Crippen molar-refractivity contribution in [3.63, 3.8) is 0 Å². The summed E-state index contributed by atoms with van der Waals surface area (Å²) in [7, 11) is 3.03. The highest BCUT2D eigenvalue weighted by molar-refractivity contribution is 5.97. The van der Waals surface area contributed by atoms with Crippen LogP contribution < -0.4 is 11.1 Å². The molecular weight excluding hydrogens is 246 g/mol. The standard InChI is InChI=1S/C13H19N3O3/c1-18-12(17)9-4-7-15-11(10(9)14)16-8-13(19-2)5-3-6-13/h4,7H,3,5-6,8,14H2,1-2H3,(H,15,16). The van der Waals surface area contributed by atoms with E-state index in [-0.39, 0.29) is 5.60 Å². The number of ether oxygens (including phenoxy) is 2. The predicted molar refractivity (Wildman–Crippen MR) is 72.1 cm³/mol. The van der Waals surface area contributed by atoms with Crippen molar-refractivity contribution in [3.05, 3.63) is 17.8 Å². The van der Waals surface area contributed by atoms with Gasteiger partial charge >= 0.3 is 5.97 Å². The van der Waals surface area contributed by atoms with E-state index in [4.69, 9.17) is 10.5 Å². The van der Waals surface area contributed by atoms with Crippen molar-refractivity contribution < 1.29 is 14.3 Å². The first-order chi connectivity index (χ1) is 9.12. The van der Waals surface area contributed by atoms with Crippen LogP contribution in [-0.2, 0) is 9.47 Å². The van der Waals surface area contributed by atoms with E-state index in [9.17, 15) is 4.79 Å². The van der Waals surface area contributed by atoms with Crippen LogP contribution in [0.15, 0.2) is 12.3 Å². The van der Waals surface area contributed by atoms with Crippen molar-refractivity contribution in [2.24, 2.45) is 0 Å². The molecule has 1 aromatic heterocycles. The Kier molecular flexibility index (Phi) is 3.90. The number of nitrogen functional groups attached to an aromatic ring is 1. The number of methoxy groups -OCH3 is 2. The molecule has 0 radical (unpaired) electrons. The first-order valence-electron chi connectivity index (χ1n) is 6.24. The fraction of sp³-hybridized carbons (Fsp3) is 0.538. The van der Waals surface area contributed by atoms with Crippen molar-refractivity contribution >= 4 is 17.5 Å². The summed E-state index contributed by atoms with van der Waals surface area (Å²) in [5, 5.41) is 3.16. The number of rotatable bonds is 5. The molecule has 0 bridgehead atoms. The van der Waals surface area contributed by atoms with Crippen molar-refractivity contribution in [2.45, 2.75) is 24.9 Å². The highest BCUT2D eigenvalue weighted by Gasteiger charge is 2.37. The van der Waals surface area contributed by atoms with Gasteiger partial charge in [0.15, 0.2) is 0 Å². The molecule has 0 aliphatic heterocycles. The van der Waals surface area contributed by atoms with Gasteiger partial charge in [0, 0.05) is 19.9 Å². The van der Waals surface area contributed by atoms with Gasteiger partial charge in [0.05, 0.1) is 24.0 Å². The third-order valence-electron chi connectivity index (χ3n) is 3.67. The monoisotopic (exact) mass is 265 g/mol. The van der Waals surface area contributed by atoms with Crippen LogP contribution in [-0.4, -0.2) is 37.3 Å². The summed E-state index contributed by atoms with van der Waals surface area (Å²) in [5.41, 5.74) is 6.42. The molecule has 0 atom stereocenters. The Morgan fingerprint density at radius 1 is 1.53 bits per heavy atom. The highest BCUT2D eigenvalue weighted by Crippen LogP contribution is 2.35. The van der Waals surface area contributed by atoms with Crippen LogP contribution in [0.1, 0.15) is 29.6 Å². The minimum Gasteiger partial charge on any atom is -0.465 e. The topological polar surface area (TPSA) is 86.5 Å². The maximum Gasteiger partial charge on any atom is 0.340 e. The van der Waals surface area contributed by atoms with E-state index in [2.05, 4.69) is 15.0 Å². The average molecular weight is 265 g/mol. The number of nitrogens with two attached hydrogens (primary N) is 1. The number of esters is 1. The second kappa shape index (κ2) is 5.44. The van der Waals surface area contributed by atoms with Gasteiger partial charge in [-0.05, 0) is 25.3 Å². The van der Waals surface area contributed by atoms with Crippen molar-refractivity contribution in [1.29, 1.82) is 0 Å². The molecule has 0 amide bonds. The van der Waals surface area contributed by atoms with E-state index in [1.54, 1.807) is 13.2 Å². The molecule has 0 saturated heterocycles. The number of carbonyl (C=O) groups excluding carboxylic acids is 1. The van der Waals surface area contributed by atoms with Crippen molar-refractivity contribution in [3.8, 4) is 0 Å². The smallest absolute Gasteiger partial charge is 0.340 e. The van der Waals surface area contributed by atoms with E-state index >= 15 is 0 Å². The van der Waals surface area contributed by atoms with Gasteiger partial charge < -0.3 is 20.5 Å². The average Bonchev–Trinajstić information content (AvgIpc) is 2.39. The number of pyridine rings is 1. The Bertz CT molecular complexity index is 467. The Labute approximate surface area is 112 Å². The lowest BCUT2D eigenvalue weighted by atomic mass is 9.80. The number of hydrogen-bond acceptors (Lipinski definition) is 6. The summed E-state index contributed by atoms with van der Waals surface area (Å²) < 4.78 is 10.2. The molecule has 1 aromatic rings. The van der Waals surface area contributed by atoms with Crippen LogP contribution in [0.25, 0.3) is 0 Å². The van der Waals surface area contributed by atoms with E-state index in [1.165, 1.54) is 19.7 Å². The van der Waals surface area contributed by atoms with E-state index in [1.807, 2.05) is 0 Å². The molecule has 1 fully saturated rings. The van der Waals surface area contributed by atoms with Gasteiger partial charge in [-0.1, -0.05) is 0 Å². The third-order valence-corrected chi connectivity index (χ3v) is 3.67. The number of aromatic nitrogens is 1. The summed E-state index contributed by atoms with van der Waals surface area (Å²) in [6.07, 6.45) is 4.74. The Morgan fingerprint density at radius 2 is 2.26 bits per heavy atom. The molecular formula is C13H19N3O3. The molecule has 1 saturated carbocycles. The first-order valence-corrected chi connectivity index (χ1v) is 6.24. The second-order valence-corrected chi connectivity index (χ2v) is 4.71. The van der Waals surface area contributed by atoms with Crippen LogP contribution in [0.3, 0.4) is 0 Å². The van der Waals surface area contributed by atoms with Crippen LogP contribution in [0.4, 0.5) is 11.5 Å². The number of nitrogens with zero attached hydrogens (tertiary/aromatic N) is 1. The predicted octanol–water partition coefficient (Wildman–Crippen LogP) is 1.43. The quantitative estimate of drug-likeness (QED) is 0.783. The molecule has 2 rings (SSSR count). The molecule has 19 heavy (non-hydrogen) atoms.